The summed E-state index contributed by atoms with van der Waals surface area (Å²) in [5.41, 5.74) is 0.955. The van der Waals surface area contributed by atoms with Gasteiger partial charge in [0.25, 0.3) is 0 Å². The Labute approximate surface area is 109 Å². The van der Waals surface area contributed by atoms with Crippen LogP contribution < -0.4 is 5.32 Å². The molecule has 4 heteroatoms. The molecule has 0 aromatic heterocycles. The summed E-state index contributed by atoms with van der Waals surface area (Å²) in [6.07, 6.45) is 0. The summed E-state index contributed by atoms with van der Waals surface area (Å²) in [6.45, 7) is 0. The molecule has 0 spiro atoms. The maximum atomic E-state index is 13.8. The van der Waals surface area contributed by atoms with E-state index in [0.717, 1.165) is 0 Å². The van der Waals surface area contributed by atoms with Crippen LogP contribution in [0.2, 0.25) is 5.02 Å². The predicted octanol–water partition coefficient (Wildman–Crippen LogP) is 3.93. The maximum absolute atomic E-state index is 13.8. The van der Waals surface area contributed by atoms with E-state index in [9.17, 15) is 8.78 Å². The SMILES string of the molecule is CNC(c1ccccc1F)c1cccc(F)c1Cl. The molecule has 0 aliphatic heterocycles. The second-order valence-corrected chi connectivity index (χ2v) is 4.26. The highest BCUT2D eigenvalue weighted by Crippen LogP contribution is 2.30. The molecule has 18 heavy (non-hydrogen) atoms. The van der Waals surface area contributed by atoms with Crippen LogP contribution in [0, 0.1) is 11.6 Å². The molecule has 94 valence electrons. The zero-order chi connectivity index (χ0) is 13.1. The highest BCUT2D eigenvalue weighted by molar-refractivity contribution is 6.31. The van der Waals surface area contributed by atoms with E-state index in [1.165, 1.54) is 12.1 Å². The quantitative estimate of drug-likeness (QED) is 0.889. The van der Waals surface area contributed by atoms with E-state index in [4.69, 9.17) is 11.6 Å². The van der Waals surface area contributed by atoms with Crippen LogP contribution in [0.5, 0.6) is 0 Å². The van der Waals surface area contributed by atoms with Gasteiger partial charge in [0.1, 0.15) is 11.6 Å². The molecule has 1 N–H and O–H groups in total. The standard InChI is InChI=1S/C14H12ClF2N/c1-18-14(9-5-2-3-7-11(9)16)10-6-4-8-12(17)13(10)15/h2-8,14,18H,1H3. The van der Waals surface area contributed by atoms with Gasteiger partial charge in [-0.2, -0.15) is 0 Å². The molecule has 1 unspecified atom stereocenters. The van der Waals surface area contributed by atoms with E-state index in [0.29, 0.717) is 11.1 Å². The Hall–Kier alpha value is -1.45. The van der Waals surface area contributed by atoms with Gasteiger partial charge in [0.15, 0.2) is 0 Å². The molecule has 0 bridgehead atoms. The van der Waals surface area contributed by atoms with Crippen LogP contribution in [0.15, 0.2) is 42.5 Å². The van der Waals surface area contributed by atoms with Gasteiger partial charge in [0, 0.05) is 5.56 Å². The van der Waals surface area contributed by atoms with Gasteiger partial charge in [-0.05, 0) is 24.7 Å². The van der Waals surface area contributed by atoms with Gasteiger partial charge < -0.3 is 5.32 Å². The summed E-state index contributed by atoms with van der Waals surface area (Å²) < 4.78 is 27.2. The number of hydrogen-bond acceptors (Lipinski definition) is 1. The van der Waals surface area contributed by atoms with Crippen LogP contribution >= 0.6 is 11.6 Å². The van der Waals surface area contributed by atoms with Crippen molar-refractivity contribution in [3.63, 3.8) is 0 Å². The highest BCUT2D eigenvalue weighted by Gasteiger charge is 2.19. The van der Waals surface area contributed by atoms with E-state index in [1.807, 2.05) is 0 Å². The van der Waals surface area contributed by atoms with Crippen molar-refractivity contribution in [2.45, 2.75) is 6.04 Å². The van der Waals surface area contributed by atoms with E-state index in [2.05, 4.69) is 5.32 Å². The summed E-state index contributed by atoms with van der Waals surface area (Å²) >= 11 is 5.93. The van der Waals surface area contributed by atoms with Crippen LogP contribution in [-0.4, -0.2) is 7.05 Å². The first-order valence-electron chi connectivity index (χ1n) is 5.50. The first-order valence-corrected chi connectivity index (χ1v) is 5.88. The van der Waals surface area contributed by atoms with Crippen molar-refractivity contribution < 1.29 is 8.78 Å². The molecule has 2 aromatic rings. The van der Waals surface area contributed by atoms with E-state index in [-0.39, 0.29) is 10.8 Å². The normalized spacial score (nSPS) is 12.4. The third kappa shape index (κ3) is 2.37. The molecule has 0 saturated carbocycles. The minimum absolute atomic E-state index is 0.0140. The maximum Gasteiger partial charge on any atom is 0.142 e. The molecular weight excluding hydrogens is 256 g/mol. The Morgan fingerprint density at radius 2 is 1.56 bits per heavy atom. The molecule has 0 aliphatic carbocycles. The lowest BCUT2D eigenvalue weighted by Crippen LogP contribution is -2.19. The van der Waals surface area contributed by atoms with Gasteiger partial charge in [-0.1, -0.05) is 41.9 Å². The lowest BCUT2D eigenvalue weighted by atomic mass is 9.98. The Morgan fingerprint density at radius 1 is 0.944 bits per heavy atom. The number of hydrogen-bond donors (Lipinski definition) is 1. The number of nitrogens with one attached hydrogen (secondary N) is 1. The number of benzene rings is 2. The first-order chi connectivity index (χ1) is 8.65. The Balaban J connectivity index is 2.53. The van der Waals surface area contributed by atoms with Gasteiger partial charge in [-0.3, -0.25) is 0 Å². The molecule has 2 aromatic carbocycles. The van der Waals surface area contributed by atoms with Crippen molar-refractivity contribution in [2.75, 3.05) is 7.05 Å². The van der Waals surface area contributed by atoms with Gasteiger partial charge in [0.2, 0.25) is 0 Å². The topological polar surface area (TPSA) is 12.0 Å². The largest absolute Gasteiger partial charge is 0.309 e. The average Bonchev–Trinajstić information content (AvgIpc) is 2.37. The fourth-order valence-corrected chi connectivity index (χ4v) is 2.17. The summed E-state index contributed by atoms with van der Waals surface area (Å²) in [7, 11) is 1.68. The van der Waals surface area contributed by atoms with Crippen molar-refractivity contribution in [1.82, 2.24) is 5.32 Å². The summed E-state index contributed by atoms with van der Waals surface area (Å²) in [6, 6.07) is 10.4. The fraction of sp³-hybridized carbons (Fsp3) is 0.143. The van der Waals surface area contributed by atoms with Crippen molar-refractivity contribution in [1.29, 1.82) is 0 Å². The second kappa shape index (κ2) is 5.46. The Morgan fingerprint density at radius 3 is 2.22 bits per heavy atom. The zero-order valence-electron chi connectivity index (χ0n) is 9.75. The Bertz CT molecular complexity index is 557. The summed E-state index contributed by atoms with van der Waals surface area (Å²) in [5, 5.41) is 2.97. The van der Waals surface area contributed by atoms with E-state index < -0.39 is 11.9 Å². The highest BCUT2D eigenvalue weighted by atomic mass is 35.5. The fourth-order valence-electron chi connectivity index (χ4n) is 1.93. The van der Waals surface area contributed by atoms with Crippen molar-refractivity contribution in [3.05, 3.63) is 70.2 Å². The lowest BCUT2D eigenvalue weighted by molar-refractivity contribution is 0.572. The van der Waals surface area contributed by atoms with Crippen molar-refractivity contribution in [2.24, 2.45) is 0 Å². The van der Waals surface area contributed by atoms with Crippen molar-refractivity contribution >= 4 is 11.6 Å². The van der Waals surface area contributed by atoms with Crippen LogP contribution in [0.4, 0.5) is 8.78 Å². The molecule has 2 rings (SSSR count). The molecule has 0 heterocycles. The van der Waals surface area contributed by atoms with Crippen LogP contribution in [0.3, 0.4) is 0 Å². The van der Waals surface area contributed by atoms with Gasteiger partial charge >= 0.3 is 0 Å². The third-order valence-corrected chi connectivity index (χ3v) is 3.20. The van der Waals surface area contributed by atoms with Crippen molar-refractivity contribution in [3.8, 4) is 0 Å². The molecule has 0 amide bonds. The van der Waals surface area contributed by atoms with Gasteiger partial charge in [-0.25, -0.2) is 8.78 Å². The molecule has 1 nitrogen and oxygen atoms in total. The van der Waals surface area contributed by atoms with Crippen LogP contribution in [0.1, 0.15) is 17.2 Å². The van der Waals surface area contributed by atoms with E-state index >= 15 is 0 Å². The third-order valence-electron chi connectivity index (χ3n) is 2.80. The minimum atomic E-state index is -0.509. The molecule has 0 aliphatic rings. The monoisotopic (exact) mass is 267 g/mol. The minimum Gasteiger partial charge on any atom is -0.309 e. The second-order valence-electron chi connectivity index (χ2n) is 3.89. The average molecular weight is 268 g/mol. The zero-order valence-corrected chi connectivity index (χ0v) is 10.5. The molecule has 1 atom stereocenters. The Kier molecular flexibility index (Phi) is 3.94. The van der Waals surface area contributed by atoms with Gasteiger partial charge in [0.05, 0.1) is 11.1 Å². The summed E-state index contributed by atoms with van der Waals surface area (Å²) in [5.74, 6) is -0.858. The molecule has 0 radical (unpaired) electrons. The van der Waals surface area contributed by atoms with Crippen LogP contribution in [0.25, 0.3) is 0 Å². The molecule has 0 saturated heterocycles. The summed E-state index contributed by atoms with van der Waals surface area (Å²) in [4.78, 5) is 0. The first kappa shape index (κ1) is 13.0. The number of rotatable bonds is 3. The van der Waals surface area contributed by atoms with Gasteiger partial charge in [-0.15, -0.1) is 0 Å². The molecular formula is C14H12ClF2N. The lowest BCUT2D eigenvalue weighted by Gasteiger charge is -2.19. The smallest absolute Gasteiger partial charge is 0.142 e. The predicted molar refractivity (Wildman–Crippen MR) is 68.7 cm³/mol. The van der Waals surface area contributed by atoms with Crippen LogP contribution in [-0.2, 0) is 0 Å². The molecule has 0 fully saturated rings. The van der Waals surface area contributed by atoms with E-state index in [1.54, 1.807) is 37.4 Å². The number of halogens is 3.